The quantitative estimate of drug-likeness (QED) is 0.805. The van der Waals surface area contributed by atoms with Crippen LogP contribution < -0.4 is 5.76 Å². The zero-order valence-corrected chi connectivity index (χ0v) is 12.4. The largest absolute Gasteiger partial charge is 0.419 e. The Kier molecular flexibility index (Phi) is 3.35. The number of aromatic nitrogens is 2. The van der Waals surface area contributed by atoms with Crippen LogP contribution in [0.2, 0.25) is 0 Å². The first-order valence-electron chi connectivity index (χ1n) is 7.78. The summed E-state index contributed by atoms with van der Waals surface area (Å²) in [6.45, 7) is 2.59. The molecule has 5 nitrogen and oxygen atoms in total. The van der Waals surface area contributed by atoms with E-state index in [2.05, 4.69) is 16.0 Å². The molecule has 1 saturated heterocycles. The SMILES string of the molecule is O=c1oc2ccccc2n1CCN1CCCC1c1ccc[nH]1. The zero-order chi connectivity index (χ0) is 14.9. The lowest BCUT2D eigenvalue weighted by Gasteiger charge is -2.23. The van der Waals surface area contributed by atoms with Crippen molar-refractivity contribution in [3.8, 4) is 0 Å². The molecule has 0 saturated carbocycles. The number of likely N-dealkylation sites (tertiary alicyclic amines) is 1. The van der Waals surface area contributed by atoms with Gasteiger partial charge < -0.3 is 9.40 Å². The molecule has 1 atom stereocenters. The van der Waals surface area contributed by atoms with Gasteiger partial charge in [0.2, 0.25) is 0 Å². The van der Waals surface area contributed by atoms with Crippen LogP contribution in [-0.4, -0.2) is 27.5 Å². The standard InChI is InChI=1S/C17H19N3O2/c21-17-20(15-6-1-2-8-16(15)22-17)12-11-19-10-4-7-14(19)13-5-3-9-18-13/h1-3,5-6,8-9,14,18H,4,7,10-12H2. The number of oxazole rings is 1. The highest BCUT2D eigenvalue weighted by atomic mass is 16.4. The van der Waals surface area contributed by atoms with E-state index in [1.54, 1.807) is 4.57 Å². The molecule has 1 N–H and O–H groups in total. The topological polar surface area (TPSA) is 54.2 Å². The van der Waals surface area contributed by atoms with Crippen LogP contribution in [0.1, 0.15) is 24.6 Å². The number of hydrogen-bond donors (Lipinski definition) is 1. The Morgan fingerprint density at radius 1 is 1.18 bits per heavy atom. The van der Waals surface area contributed by atoms with Crippen LogP contribution in [0.4, 0.5) is 0 Å². The van der Waals surface area contributed by atoms with Crippen molar-refractivity contribution < 1.29 is 4.42 Å². The summed E-state index contributed by atoms with van der Waals surface area (Å²) in [4.78, 5) is 17.8. The van der Waals surface area contributed by atoms with E-state index in [1.807, 2.05) is 36.5 Å². The minimum Gasteiger partial charge on any atom is -0.408 e. The van der Waals surface area contributed by atoms with E-state index in [4.69, 9.17) is 4.42 Å². The highest BCUT2D eigenvalue weighted by Crippen LogP contribution is 2.30. The molecule has 1 aliphatic rings. The molecule has 4 rings (SSSR count). The van der Waals surface area contributed by atoms with Gasteiger partial charge in [-0.2, -0.15) is 0 Å². The minimum absolute atomic E-state index is 0.267. The minimum atomic E-state index is -0.267. The number of nitrogens with one attached hydrogen (secondary N) is 1. The fourth-order valence-corrected chi connectivity index (χ4v) is 3.45. The Labute approximate surface area is 128 Å². The molecule has 0 aliphatic carbocycles. The van der Waals surface area contributed by atoms with Gasteiger partial charge in [-0.1, -0.05) is 12.1 Å². The zero-order valence-electron chi connectivity index (χ0n) is 12.4. The van der Waals surface area contributed by atoms with Crippen molar-refractivity contribution >= 4 is 11.1 Å². The van der Waals surface area contributed by atoms with Crippen LogP contribution in [0, 0.1) is 0 Å². The number of aromatic amines is 1. The molecule has 0 radical (unpaired) electrons. The van der Waals surface area contributed by atoms with E-state index in [9.17, 15) is 4.79 Å². The molecule has 1 unspecified atom stereocenters. The normalized spacial score (nSPS) is 19.2. The Bertz CT molecular complexity index is 816. The number of hydrogen-bond acceptors (Lipinski definition) is 3. The van der Waals surface area contributed by atoms with E-state index in [0.29, 0.717) is 18.2 Å². The lowest BCUT2D eigenvalue weighted by molar-refractivity contribution is 0.242. The molecule has 22 heavy (non-hydrogen) atoms. The first-order chi connectivity index (χ1) is 10.8. The highest BCUT2D eigenvalue weighted by molar-refractivity contribution is 5.72. The molecular formula is C17H19N3O2. The van der Waals surface area contributed by atoms with Gasteiger partial charge in [-0.25, -0.2) is 4.79 Å². The first kappa shape index (κ1) is 13.4. The van der Waals surface area contributed by atoms with Crippen LogP contribution in [0.15, 0.2) is 51.8 Å². The van der Waals surface area contributed by atoms with E-state index >= 15 is 0 Å². The molecule has 3 heterocycles. The van der Waals surface area contributed by atoms with Crippen molar-refractivity contribution in [2.75, 3.05) is 13.1 Å². The summed E-state index contributed by atoms with van der Waals surface area (Å²) >= 11 is 0. The molecule has 1 fully saturated rings. The second-order valence-electron chi connectivity index (χ2n) is 5.81. The fourth-order valence-electron chi connectivity index (χ4n) is 3.45. The molecule has 1 aliphatic heterocycles. The number of benzene rings is 1. The molecule has 114 valence electrons. The van der Waals surface area contributed by atoms with E-state index < -0.39 is 0 Å². The summed E-state index contributed by atoms with van der Waals surface area (Å²) in [6.07, 6.45) is 4.34. The van der Waals surface area contributed by atoms with Crippen LogP contribution in [0.5, 0.6) is 0 Å². The third-order valence-corrected chi connectivity index (χ3v) is 4.53. The number of rotatable bonds is 4. The van der Waals surface area contributed by atoms with Gasteiger partial charge in [0.15, 0.2) is 5.58 Å². The van der Waals surface area contributed by atoms with Crippen molar-refractivity contribution in [1.82, 2.24) is 14.5 Å². The fraction of sp³-hybridized carbons (Fsp3) is 0.353. The predicted molar refractivity (Wildman–Crippen MR) is 84.8 cm³/mol. The lowest BCUT2D eigenvalue weighted by atomic mass is 10.1. The van der Waals surface area contributed by atoms with Gasteiger partial charge >= 0.3 is 5.76 Å². The van der Waals surface area contributed by atoms with E-state index in [-0.39, 0.29) is 5.76 Å². The summed E-state index contributed by atoms with van der Waals surface area (Å²) in [6, 6.07) is 12.2. The average molecular weight is 297 g/mol. The maximum atomic E-state index is 12.0. The monoisotopic (exact) mass is 297 g/mol. The molecule has 0 bridgehead atoms. The maximum Gasteiger partial charge on any atom is 0.419 e. The van der Waals surface area contributed by atoms with Crippen LogP contribution in [0.3, 0.4) is 0 Å². The number of H-pyrrole nitrogens is 1. The van der Waals surface area contributed by atoms with Crippen molar-refractivity contribution in [3.05, 3.63) is 58.8 Å². The van der Waals surface area contributed by atoms with Gasteiger partial charge in [0.1, 0.15) is 0 Å². The summed E-state index contributed by atoms with van der Waals surface area (Å²) in [5.74, 6) is -0.267. The first-order valence-corrected chi connectivity index (χ1v) is 7.78. The summed E-state index contributed by atoms with van der Waals surface area (Å²) in [5, 5.41) is 0. The van der Waals surface area contributed by atoms with E-state index in [0.717, 1.165) is 18.6 Å². The summed E-state index contributed by atoms with van der Waals surface area (Å²) in [5.41, 5.74) is 2.81. The Morgan fingerprint density at radius 2 is 2.09 bits per heavy atom. The van der Waals surface area contributed by atoms with Crippen molar-refractivity contribution in [3.63, 3.8) is 0 Å². The van der Waals surface area contributed by atoms with E-state index in [1.165, 1.54) is 18.5 Å². The molecule has 3 aromatic rings. The van der Waals surface area contributed by atoms with Crippen LogP contribution in [-0.2, 0) is 6.54 Å². The smallest absolute Gasteiger partial charge is 0.408 e. The van der Waals surface area contributed by atoms with Crippen LogP contribution in [0.25, 0.3) is 11.1 Å². The van der Waals surface area contributed by atoms with Gasteiger partial charge in [0.25, 0.3) is 0 Å². The van der Waals surface area contributed by atoms with Gasteiger partial charge in [0, 0.05) is 31.0 Å². The molecule has 0 amide bonds. The number of para-hydroxylation sites is 2. The predicted octanol–water partition coefficient (Wildman–Crippen LogP) is 2.76. The second-order valence-corrected chi connectivity index (χ2v) is 5.81. The Morgan fingerprint density at radius 3 is 2.95 bits per heavy atom. The molecule has 0 spiro atoms. The second kappa shape index (κ2) is 5.50. The van der Waals surface area contributed by atoms with Crippen molar-refractivity contribution in [2.24, 2.45) is 0 Å². The summed E-state index contributed by atoms with van der Waals surface area (Å²) < 4.78 is 7.03. The van der Waals surface area contributed by atoms with Crippen molar-refractivity contribution in [2.45, 2.75) is 25.4 Å². The van der Waals surface area contributed by atoms with Gasteiger partial charge in [-0.15, -0.1) is 0 Å². The Hall–Kier alpha value is -2.27. The van der Waals surface area contributed by atoms with Gasteiger partial charge in [0.05, 0.1) is 5.52 Å². The molecule has 2 aromatic heterocycles. The van der Waals surface area contributed by atoms with Crippen molar-refractivity contribution in [1.29, 1.82) is 0 Å². The summed E-state index contributed by atoms with van der Waals surface area (Å²) in [7, 11) is 0. The molecule has 1 aromatic carbocycles. The van der Waals surface area contributed by atoms with Gasteiger partial charge in [-0.3, -0.25) is 9.47 Å². The maximum absolute atomic E-state index is 12.0. The average Bonchev–Trinajstić information content (AvgIpc) is 3.24. The highest BCUT2D eigenvalue weighted by Gasteiger charge is 2.26. The third-order valence-electron chi connectivity index (χ3n) is 4.53. The number of nitrogens with zero attached hydrogens (tertiary/aromatic N) is 2. The molecular weight excluding hydrogens is 278 g/mol. The van der Waals surface area contributed by atoms with Crippen LogP contribution >= 0.6 is 0 Å². The van der Waals surface area contributed by atoms with Gasteiger partial charge in [-0.05, 0) is 43.7 Å². The lowest BCUT2D eigenvalue weighted by Crippen LogP contribution is -2.29. The Balaban J connectivity index is 1.54. The number of fused-ring (bicyclic) bond motifs is 1. The third kappa shape index (κ3) is 2.27. The molecule has 5 heteroatoms.